The van der Waals surface area contributed by atoms with Crippen LogP contribution in [0.25, 0.3) is 10.9 Å². The van der Waals surface area contributed by atoms with Crippen molar-refractivity contribution in [2.24, 2.45) is 13.0 Å². The van der Waals surface area contributed by atoms with E-state index in [0.29, 0.717) is 37.4 Å². The number of hydrogen-bond acceptors (Lipinski definition) is 3. The number of aromatic nitrogens is 1. The van der Waals surface area contributed by atoms with Gasteiger partial charge >= 0.3 is 0 Å². The van der Waals surface area contributed by atoms with Crippen molar-refractivity contribution < 1.29 is 13.2 Å². The van der Waals surface area contributed by atoms with Gasteiger partial charge in [-0.3, -0.25) is 4.79 Å². The molecule has 1 aliphatic heterocycles. The van der Waals surface area contributed by atoms with Gasteiger partial charge < -0.3 is 9.88 Å². The van der Waals surface area contributed by atoms with E-state index in [0.717, 1.165) is 16.5 Å². The van der Waals surface area contributed by atoms with Gasteiger partial charge in [0.25, 0.3) is 0 Å². The van der Waals surface area contributed by atoms with Crippen LogP contribution in [-0.2, 0) is 28.3 Å². The molecule has 0 saturated carbocycles. The van der Waals surface area contributed by atoms with E-state index in [2.05, 4.69) is 5.32 Å². The number of nitrogens with zero attached hydrogens (tertiary/aromatic N) is 2. The number of piperidine rings is 1. The largest absolute Gasteiger partial charge is 0.355 e. The van der Waals surface area contributed by atoms with E-state index in [1.165, 1.54) is 4.31 Å². The summed E-state index contributed by atoms with van der Waals surface area (Å²) in [6.07, 6.45) is 3.89. The average Bonchev–Trinajstić information content (AvgIpc) is 3.15. The van der Waals surface area contributed by atoms with Gasteiger partial charge in [-0.15, -0.1) is 0 Å². The van der Waals surface area contributed by atoms with Gasteiger partial charge in [0, 0.05) is 48.8 Å². The van der Waals surface area contributed by atoms with Gasteiger partial charge in [-0.05, 0) is 55.2 Å². The summed E-state index contributed by atoms with van der Waals surface area (Å²) < 4.78 is 29.8. The van der Waals surface area contributed by atoms with Gasteiger partial charge in [-0.25, -0.2) is 8.42 Å². The second-order valence-electron chi connectivity index (χ2n) is 7.98. The first-order valence-electron chi connectivity index (χ1n) is 10.4. The number of nitrogens with one attached hydrogen (secondary N) is 1. The average molecular weight is 460 g/mol. The van der Waals surface area contributed by atoms with Gasteiger partial charge in [0.1, 0.15) is 0 Å². The molecule has 0 aliphatic carbocycles. The number of rotatable bonds is 6. The lowest BCUT2D eigenvalue weighted by molar-refractivity contribution is -0.126. The molecule has 0 spiro atoms. The van der Waals surface area contributed by atoms with Crippen molar-refractivity contribution >= 4 is 38.4 Å². The molecule has 1 unspecified atom stereocenters. The molecule has 2 heterocycles. The minimum atomic E-state index is -3.65. The Morgan fingerprint density at radius 1 is 1.19 bits per heavy atom. The molecule has 1 saturated heterocycles. The minimum absolute atomic E-state index is 0.106. The predicted octanol–water partition coefficient (Wildman–Crippen LogP) is 3.59. The zero-order valence-corrected chi connectivity index (χ0v) is 19.0. The maximum Gasteiger partial charge on any atom is 0.243 e. The number of fused-ring (bicyclic) bond motifs is 1. The Balaban J connectivity index is 1.40. The van der Waals surface area contributed by atoms with Gasteiger partial charge in [0.2, 0.25) is 15.9 Å². The summed E-state index contributed by atoms with van der Waals surface area (Å²) in [5, 5.41) is 4.51. The molecule has 31 heavy (non-hydrogen) atoms. The molecule has 3 aromatic rings. The second kappa shape index (κ2) is 9.02. The number of carbonyl (C=O) groups is 1. The zero-order valence-electron chi connectivity index (χ0n) is 17.4. The van der Waals surface area contributed by atoms with Crippen LogP contribution in [0.1, 0.15) is 18.4 Å². The molecule has 1 fully saturated rings. The van der Waals surface area contributed by atoms with Crippen molar-refractivity contribution in [2.45, 2.75) is 24.2 Å². The van der Waals surface area contributed by atoms with Crippen molar-refractivity contribution in [2.75, 3.05) is 19.6 Å². The molecule has 1 aliphatic rings. The van der Waals surface area contributed by atoms with Crippen LogP contribution in [0.5, 0.6) is 0 Å². The number of aryl methyl sites for hydroxylation is 1. The van der Waals surface area contributed by atoms with Crippen LogP contribution in [0.2, 0.25) is 5.02 Å². The Morgan fingerprint density at radius 2 is 2.00 bits per heavy atom. The van der Waals surface area contributed by atoms with Crippen LogP contribution in [0.4, 0.5) is 0 Å². The summed E-state index contributed by atoms with van der Waals surface area (Å²) in [5.41, 5.74) is 1.96. The third kappa shape index (κ3) is 4.63. The highest BCUT2D eigenvalue weighted by molar-refractivity contribution is 7.89. The molecule has 164 valence electrons. The molecule has 1 amide bonds. The third-order valence-electron chi connectivity index (χ3n) is 5.90. The molecule has 1 aromatic heterocycles. The number of halogens is 1. The maximum atomic E-state index is 13.2. The first-order chi connectivity index (χ1) is 14.9. The second-order valence-corrected chi connectivity index (χ2v) is 10.3. The number of carbonyl (C=O) groups excluding carboxylic acids is 1. The Kier molecular flexibility index (Phi) is 6.36. The lowest BCUT2D eigenvalue weighted by Gasteiger charge is -2.31. The smallest absolute Gasteiger partial charge is 0.243 e. The Hall–Kier alpha value is -2.35. The fourth-order valence-corrected chi connectivity index (χ4v) is 5.90. The zero-order chi connectivity index (χ0) is 22.0. The molecule has 4 rings (SSSR count). The summed E-state index contributed by atoms with van der Waals surface area (Å²) in [5.74, 6) is -0.458. The van der Waals surface area contributed by atoms with E-state index in [4.69, 9.17) is 11.6 Å². The van der Waals surface area contributed by atoms with Gasteiger partial charge in [0.15, 0.2) is 0 Å². The first-order valence-corrected chi connectivity index (χ1v) is 12.2. The molecule has 8 heteroatoms. The van der Waals surface area contributed by atoms with E-state index in [1.54, 1.807) is 12.1 Å². The molecule has 2 aromatic carbocycles. The highest BCUT2D eigenvalue weighted by Gasteiger charge is 2.33. The number of sulfonamides is 1. The van der Waals surface area contributed by atoms with Crippen molar-refractivity contribution in [3.63, 3.8) is 0 Å². The van der Waals surface area contributed by atoms with Crippen LogP contribution in [0.3, 0.4) is 0 Å². The van der Waals surface area contributed by atoms with E-state index in [1.807, 2.05) is 54.2 Å². The monoisotopic (exact) mass is 459 g/mol. The molecular weight excluding hydrogens is 434 g/mol. The molecule has 1 N–H and O–H groups in total. The Morgan fingerprint density at radius 3 is 2.81 bits per heavy atom. The van der Waals surface area contributed by atoms with Crippen LogP contribution >= 0.6 is 11.6 Å². The predicted molar refractivity (Wildman–Crippen MR) is 123 cm³/mol. The van der Waals surface area contributed by atoms with Crippen molar-refractivity contribution in [3.05, 3.63) is 65.3 Å². The van der Waals surface area contributed by atoms with E-state index in [9.17, 15) is 13.2 Å². The summed E-state index contributed by atoms with van der Waals surface area (Å²) in [6, 6.07) is 14.6. The molecule has 0 bridgehead atoms. The first kappa shape index (κ1) is 21.9. The van der Waals surface area contributed by atoms with Crippen LogP contribution in [0, 0.1) is 5.92 Å². The SMILES string of the molecule is Cn1ccc2cc(S(=O)(=O)N3CCCC(C(=O)NCCc4ccccc4Cl)C3)ccc21. The summed E-state index contributed by atoms with van der Waals surface area (Å²) in [4.78, 5) is 13.0. The summed E-state index contributed by atoms with van der Waals surface area (Å²) in [6.45, 7) is 1.10. The van der Waals surface area contributed by atoms with E-state index in [-0.39, 0.29) is 23.3 Å². The maximum absolute atomic E-state index is 13.2. The van der Waals surface area contributed by atoms with Crippen molar-refractivity contribution in [1.82, 2.24) is 14.2 Å². The normalized spacial score (nSPS) is 17.7. The summed E-state index contributed by atoms with van der Waals surface area (Å²) in [7, 11) is -1.73. The number of benzene rings is 2. The molecule has 1 atom stereocenters. The Bertz CT molecular complexity index is 1210. The molecular formula is C23H26ClN3O3S. The topological polar surface area (TPSA) is 71.4 Å². The molecule has 6 nitrogen and oxygen atoms in total. The van der Waals surface area contributed by atoms with Crippen LogP contribution in [0.15, 0.2) is 59.6 Å². The fourth-order valence-electron chi connectivity index (χ4n) is 4.11. The van der Waals surface area contributed by atoms with Crippen LogP contribution < -0.4 is 5.32 Å². The minimum Gasteiger partial charge on any atom is -0.355 e. The fraction of sp³-hybridized carbons (Fsp3) is 0.348. The highest BCUT2D eigenvalue weighted by atomic mass is 35.5. The van der Waals surface area contributed by atoms with Gasteiger partial charge in [0.05, 0.1) is 10.8 Å². The van der Waals surface area contributed by atoms with Gasteiger partial charge in [-0.1, -0.05) is 29.8 Å². The van der Waals surface area contributed by atoms with E-state index < -0.39 is 10.0 Å². The lowest BCUT2D eigenvalue weighted by atomic mass is 9.99. The highest BCUT2D eigenvalue weighted by Crippen LogP contribution is 2.26. The third-order valence-corrected chi connectivity index (χ3v) is 8.13. The molecule has 0 radical (unpaired) electrons. The standard InChI is InChI=1S/C23H26ClN3O3S/c1-26-14-11-18-15-20(8-9-22(18)26)31(29,30)27-13-4-6-19(16-27)23(28)25-12-10-17-5-2-3-7-21(17)24/h2-3,5,7-9,11,14-15,19H,4,6,10,12-13,16H2,1H3,(H,25,28). The van der Waals surface area contributed by atoms with Crippen LogP contribution in [-0.4, -0.2) is 42.8 Å². The summed E-state index contributed by atoms with van der Waals surface area (Å²) >= 11 is 6.17. The van der Waals surface area contributed by atoms with Crippen molar-refractivity contribution in [1.29, 1.82) is 0 Å². The number of amides is 1. The van der Waals surface area contributed by atoms with Crippen molar-refractivity contribution in [3.8, 4) is 0 Å². The van der Waals surface area contributed by atoms with E-state index >= 15 is 0 Å². The Labute approximate surface area is 187 Å². The quantitative estimate of drug-likeness (QED) is 0.612. The number of hydrogen-bond donors (Lipinski definition) is 1. The van der Waals surface area contributed by atoms with Gasteiger partial charge in [-0.2, -0.15) is 4.31 Å². The lowest BCUT2D eigenvalue weighted by Crippen LogP contribution is -2.45.